The molecule has 2 saturated carbocycles. The van der Waals surface area contributed by atoms with Gasteiger partial charge in [-0.1, -0.05) is 0 Å². The monoisotopic (exact) mass is 592 g/mol. The molecule has 7 unspecified atom stereocenters. The van der Waals surface area contributed by atoms with Crippen molar-refractivity contribution in [2.24, 2.45) is 0 Å². The summed E-state index contributed by atoms with van der Waals surface area (Å²) < 4.78 is 34.5. The minimum Gasteiger partial charge on any atom is -0.382 e. The van der Waals surface area contributed by atoms with Gasteiger partial charge in [0, 0.05) is 19.3 Å². The normalized spacial score (nSPS) is 38.6. The third kappa shape index (κ3) is 3.80. The Labute approximate surface area is 226 Å². The highest BCUT2D eigenvalue weighted by atomic mass is 32.5. The van der Waals surface area contributed by atoms with Crippen LogP contribution in [0.1, 0.15) is 31.5 Å². The molecule has 2 bridgehead atoms. The minimum atomic E-state index is -3.73. The molecule has 6 heterocycles. The summed E-state index contributed by atoms with van der Waals surface area (Å²) in [5.41, 5.74) is 13.3. The number of nitrogens with zero attached hydrogens (tertiary/aromatic N) is 8. The Bertz CT molecular complexity index is 1670. The highest BCUT2D eigenvalue weighted by molar-refractivity contribution is 8.07. The number of nitrogens with two attached hydrogens (primary N) is 2. The third-order valence-electron chi connectivity index (χ3n) is 7.71. The first-order chi connectivity index (χ1) is 18.8. The van der Waals surface area contributed by atoms with E-state index < -0.39 is 36.9 Å². The molecule has 2 aliphatic carbocycles. The van der Waals surface area contributed by atoms with Crippen LogP contribution < -0.4 is 11.5 Å². The second-order valence-corrected chi connectivity index (χ2v) is 13.4. The first kappa shape index (κ1) is 24.3. The average molecular weight is 592 g/mol. The molecule has 5 N–H and O–H groups in total. The van der Waals surface area contributed by atoms with Crippen molar-refractivity contribution in [1.29, 1.82) is 0 Å². The van der Waals surface area contributed by atoms with Gasteiger partial charge in [0.15, 0.2) is 38.2 Å². The molecule has 8 rings (SSSR count). The maximum atomic E-state index is 11.2. The van der Waals surface area contributed by atoms with Crippen LogP contribution in [0.25, 0.3) is 22.3 Å². The Morgan fingerprint density at radius 2 is 1.59 bits per heavy atom. The van der Waals surface area contributed by atoms with Gasteiger partial charge in [-0.3, -0.25) is 4.57 Å². The summed E-state index contributed by atoms with van der Waals surface area (Å²) in [7, 11) is -0.288. The SMILES string of the molecule is Nc1ncnc2c1ncn2C1CC2OP(O)(=S)O[C@@H]3CC4(CC4OPO[C@H]21)OC3n1cnc2c(N)ncnc21. The zero-order chi connectivity index (χ0) is 26.5. The van der Waals surface area contributed by atoms with E-state index in [1.165, 1.54) is 12.7 Å². The van der Waals surface area contributed by atoms with Gasteiger partial charge in [-0.05, 0) is 11.8 Å². The molecule has 0 aromatic carbocycles. The second kappa shape index (κ2) is 8.52. The van der Waals surface area contributed by atoms with Gasteiger partial charge in [0.25, 0.3) is 0 Å². The van der Waals surface area contributed by atoms with Gasteiger partial charge in [-0.15, -0.1) is 0 Å². The van der Waals surface area contributed by atoms with Gasteiger partial charge >= 0.3 is 6.72 Å². The Balaban J connectivity index is 1.09. The molecule has 9 atom stereocenters. The van der Waals surface area contributed by atoms with Crippen LogP contribution in [-0.2, 0) is 34.6 Å². The first-order valence-electron chi connectivity index (χ1n) is 12.1. The maximum absolute atomic E-state index is 11.2. The van der Waals surface area contributed by atoms with Crippen molar-refractivity contribution in [3.05, 3.63) is 25.3 Å². The summed E-state index contributed by atoms with van der Waals surface area (Å²) >= 11 is 5.49. The van der Waals surface area contributed by atoms with Crippen LogP contribution in [0.2, 0.25) is 0 Å². The van der Waals surface area contributed by atoms with E-state index in [2.05, 4.69) is 29.9 Å². The molecule has 16 nitrogen and oxygen atoms in total. The molecule has 204 valence electrons. The number of fused-ring (bicyclic) bond motifs is 4. The van der Waals surface area contributed by atoms with Crippen LogP contribution in [0.5, 0.6) is 0 Å². The standard InChI is InChI=1S/C20H22N10O6P2S/c21-15-12-17(25-4-23-15)29(6-27-12)8-1-9-14(8)34-37-33-11-3-20(11)2-10(36-38(31,39)35-9)19(32-20)30-7-28-13-16(22)24-5-26-18(13)30/h4-11,14,19,37H,1-3H2,(H,31,39)(H2,21,23,25)(H2,22,24,26)/t8?,9?,10-,11?,14+,19?,20?,38?/m1/s1. The van der Waals surface area contributed by atoms with E-state index in [0.29, 0.717) is 47.4 Å². The molecule has 39 heavy (non-hydrogen) atoms. The molecular weight excluding hydrogens is 570 g/mol. The van der Waals surface area contributed by atoms with Gasteiger partial charge in [0.2, 0.25) is 0 Å². The molecule has 1 spiro atoms. The van der Waals surface area contributed by atoms with Crippen molar-refractivity contribution in [1.82, 2.24) is 39.0 Å². The molecule has 4 aromatic rings. The van der Waals surface area contributed by atoms with Crippen LogP contribution in [-0.4, -0.2) is 73.9 Å². The average Bonchev–Trinajstić information content (AvgIpc) is 3.24. The van der Waals surface area contributed by atoms with Crippen LogP contribution in [0.4, 0.5) is 11.6 Å². The van der Waals surface area contributed by atoms with E-state index in [0.717, 1.165) is 0 Å². The van der Waals surface area contributed by atoms with Gasteiger partial charge in [0.05, 0.1) is 30.9 Å². The molecule has 4 fully saturated rings. The molecular formula is C20H22N10O6P2S. The zero-order valence-electron chi connectivity index (χ0n) is 20.0. The smallest absolute Gasteiger partial charge is 0.325 e. The van der Waals surface area contributed by atoms with E-state index in [1.807, 2.05) is 4.57 Å². The highest BCUT2D eigenvalue weighted by Crippen LogP contribution is 2.62. The van der Waals surface area contributed by atoms with Crippen molar-refractivity contribution in [3.63, 3.8) is 0 Å². The van der Waals surface area contributed by atoms with Crippen molar-refractivity contribution >= 4 is 61.5 Å². The lowest BCUT2D eigenvalue weighted by Gasteiger charge is -2.44. The molecule has 4 aromatic heterocycles. The summed E-state index contributed by atoms with van der Waals surface area (Å²) in [5.74, 6) is 0.542. The van der Waals surface area contributed by atoms with Gasteiger partial charge < -0.3 is 43.8 Å². The van der Waals surface area contributed by atoms with Gasteiger partial charge in [-0.25, -0.2) is 29.9 Å². The van der Waals surface area contributed by atoms with E-state index in [4.69, 9.17) is 46.1 Å². The maximum Gasteiger partial charge on any atom is 0.325 e. The molecule has 0 amide bonds. The minimum absolute atomic E-state index is 0.195. The highest BCUT2D eigenvalue weighted by Gasteiger charge is 2.66. The summed E-state index contributed by atoms with van der Waals surface area (Å²) in [6.07, 6.45) is 4.95. The predicted molar refractivity (Wildman–Crippen MR) is 140 cm³/mol. The first-order valence-corrected chi connectivity index (χ1v) is 15.5. The summed E-state index contributed by atoms with van der Waals surface area (Å²) in [4.78, 5) is 36.6. The lowest BCUT2D eigenvalue weighted by Crippen LogP contribution is -2.49. The lowest BCUT2D eigenvalue weighted by molar-refractivity contribution is -0.0744. The fourth-order valence-corrected chi connectivity index (χ4v) is 8.31. The molecule has 2 aliphatic heterocycles. The number of nitrogen functional groups attached to an aromatic ring is 2. The van der Waals surface area contributed by atoms with E-state index in [1.54, 1.807) is 17.2 Å². The Kier molecular flexibility index (Phi) is 5.32. The van der Waals surface area contributed by atoms with Crippen LogP contribution >= 0.6 is 15.8 Å². The van der Waals surface area contributed by atoms with E-state index in [-0.39, 0.29) is 27.0 Å². The van der Waals surface area contributed by atoms with Crippen LogP contribution in [0.3, 0.4) is 0 Å². The Hall–Kier alpha value is -2.46. The number of hydrogen-bond acceptors (Lipinski definition) is 14. The van der Waals surface area contributed by atoms with Gasteiger partial charge in [0.1, 0.15) is 41.5 Å². The number of rotatable bonds is 2. The molecule has 19 heteroatoms. The fraction of sp³-hybridized carbons (Fsp3) is 0.500. The predicted octanol–water partition coefficient (Wildman–Crippen LogP) is 1.12. The van der Waals surface area contributed by atoms with E-state index >= 15 is 0 Å². The number of ether oxygens (including phenoxy) is 1. The zero-order valence-corrected chi connectivity index (χ0v) is 22.7. The summed E-state index contributed by atoms with van der Waals surface area (Å²) in [5, 5.41) is 0. The number of aromatic nitrogens is 8. The summed E-state index contributed by atoms with van der Waals surface area (Å²) in [6.45, 7) is -3.73. The second-order valence-electron chi connectivity index (χ2n) is 9.98. The number of anilines is 2. The van der Waals surface area contributed by atoms with Crippen molar-refractivity contribution in [2.45, 2.75) is 61.5 Å². The number of imidazole rings is 2. The van der Waals surface area contributed by atoms with Crippen molar-refractivity contribution in [2.75, 3.05) is 11.5 Å². The molecule has 4 aliphatic rings. The Morgan fingerprint density at radius 1 is 0.923 bits per heavy atom. The largest absolute Gasteiger partial charge is 0.382 e. The topological polar surface area (TPSA) is 206 Å². The number of hydrogen-bond donors (Lipinski definition) is 3. The fourth-order valence-electron chi connectivity index (χ4n) is 5.64. The molecule has 0 radical (unpaired) electrons. The summed E-state index contributed by atoms with van der Waals surface area (Å²) in [6, 6.07) is -0.195. The van der Waals surface area contributed by atoms with E-state index in [9.17, 15) is 4.89 Å². The van der Waals surface area contributed by atoms with Gasteiger partial charge in [-0.2, -0.15) is 0 Å². The quantitative estimate of drug-likeness (QED) is 0.279. The lowest BCUT2D eigenvalue weighted by atomic mass is 9.85. The van der Waals surface area contributed by atoms with Crippen LogP contribution in [0.15, 0.2) is 25.3 Å². The van der Waals surface area contributed by atoms with Crippen molar-refractivity contribution in [3.8, 4) is 0 Å². The third-order valence-corrected chi connectivity index (χ3v) is 10.1. The molecule has 2 saturated heterocycles. The van der Waals surface area contributed by atoms with Crippen LogP contribution in [0, 0.1) is 0 Å². The van der Waals surface area contributed by atoms with Crippen molar-refractivity contribution < 1.29 is 27.7 Å². The Morgan fingerprint density at radius 3 is 2.33 bits per heavy atom.